The predicted molar refractivity (Wildman–Crippen MR) is 69.3 cm³/mol. The van der Waals surface area contributed by atoms with E-state index in [2.05, 4.69) is 11.0 Å². The van der Waals surface area contributed by atoms with E-state index >= 15 is 0 Å². The van der Waals surface area contributed by atoms with Crippen LogP contribution >= 0.6 is 22.9 Å². The van der Waals surface area contributed by atoms with E-state index in [0.29, 0.717) is 0 Å². The van der Waals surface area contributed by atoms with Gasteiger partial charge in [0.15, 0.2) is 0 Å². The molecule has 0 amide bonds. The summed E-state index contributed by atoms with van der Waals surface area (Å²) in [6.07, 6.45) is 1.99. The number of piperidine rings is 1. The zero-order chi connectivity index (χ0) is 12.3. The zero-order valence-corrected chi connectivity index (χ0v) is 11.4. The fourth-order valence-corrected chi connectivity index (χ4v) is 3.35. The van der Waals surface area contributed by atoms with Crippen LogP contribution in [-0.2, 0) is 16.1 Å². The van der Waals surface area contributed by atoms with Gasteiger partial charge in [-0.15, -0.1) is 11.3 Å². The summed E-state index contributed by atoms with van der Waals surface area (Å²) in [5, 5.41) is 0. The van der Waals surface area contributed by atoms with Crippen LogP contribution in [0.5, 0.6) is 0 Å². The summed E-state index contributed by atoms with van der Waals surface area (Å²) >= 11 is 7.51. The van der Waals surface area contributed by atoms with Crippen LogP contribution in [0.1, 0.15) is 17.7 Å². The van der Waals surface area contributed by atoms with Crippen LogP contribution in [0.25, 0.3) is 0 Å². The summed E-state index contributed by atoms with van der Waals surface area (Å²) in [6.45, 7) is 2.72. The van der Waals surface area contributed by atoms with Gasteiger partial charge in [-0.2, -0.15) is 0 Å². The lowest BCUT2D eigenvalue weighted by atomic mass is 9.98. The van der Waals surface area contributed by atoms with Gasteiger partial charge in [-0.3, -0.25) is 9.69 Å². The molecular weight excluding hydrogens is 258 g/mol. The molecule has 0 radical (unpaired) electrons. The van der Waals surface area contributed by atoms with Crippen molar-refractivity contribution in [2.24, 2.45) is 5.92 Å². The van der Waals surface area contributed by atoms with E-state index in [1.807, 2.05) is 6.07 Å². The molecule has 0 saturated carbocycles. The molecule has 2 heterocycles. The minimum absolute atomic E-state index is 0.0317. The summed E-state index contributed by atoms with van der Waals surface area (Å²) in [6, 6.07) is 3.97. The maximum Gasteiger partial charge on any atom is 0.309 e. The lowest BCUT2D eigenvalue weighted by molar-refractivity contribution is -0.147. The van der Waals surface area contributed by atoms with E-state index in [1.165, 1.54) is 12.0 Å². The smallest absolute Gasteiger partial charge is 0.309 e. The number of hydrogen-bond donors (Lipinski definition) is 0. The highest BCUT2D eigenvalue weighted by Gasteiger charge is 2.26. The molecule has 1 aliphatic rings. The van der Waals surface area contributed by atoms with Crippen molar-refractivity contribution >= 4 is 28.9 Å². The van der Waals surface area contributed by atoms with Crippen molar-refractivity contribution in [3.05, 3.63) is 21.3 Å². The van der Waals surface area contributed by atoms with Crippen molar-refractivity contribution in [3.63, 3.8) is 0 Å². The Bertz CT molecular complexity index is 394. The highest BCUT2D eigenvalue weighted by Crippen LogP contribution is 2.25. The maximum absolute atomic E-state index is 11.5. The molecule has 1 fully saturated rings. The van der Waals surface area contributed by atoms with Crippen molar-refractivity contribution in [1.82, 2.24) is 4.90 Å². The second-order valence-corrected chi connectivity index (χ2v) is 6.10. The largest absolute Gasteiger partial charge is 0.469 e. The van der Waals surface area contributed by atoms with Crippen LogP contribution in [0.15, 0.2) is 12.1 Å². The first-order valence-electron chi connectivity index (χ1n) is 5.73. The van der Waals surface area contributed by atoms with Gasteiger partial charge in [0, 0.05) is 18.0 Å². The molecule has 1 atom stereocenters. The summed E-state index contributed by atoms with van der Waals surface area (Å²) in [4.78, 5) is 15.1. The number of carbonyl (C=O) groups is 1. The van der Waals surface area contributed by atoms with Crippen LogP contribution in [0.3, 0.4) is 0 Å². The van der Waals surface area contributed by atoms with Crippen molar-refractivity contribution in [2.75, 3.05) is 20.2 Å². The molecule has 1 aliphatic heterocycles. The first-order chi connectivity index (χ1) is 8.19. The Morgan fingerprint density at radius 1 is 1.65 bits per heavy atom. The van der Waals surface area contributed by atoms with E-state index in [0.717, 1.165) is 36.8 Å². The number of likely N-dealkylation sites (tertiary alicyclic amines) is 1. The van der Waals surface area contributed by atoms with Gasteiger partial charge in [-0.25, -0.2) is 0 Å². The molecule has 5 heteroatoms. The molecule has 0 unspecified atom stereocenters. The summed E-state index contributed by atoms with van der Waals surface area (Å²) in [5.74, 6) is -0.0527. The highest BCUT2D eigenvalue weighted by atomic mass is 35.5. The average molecular weight is 274 g/mol. The standard InChI is InChI=1S/C12H16ClNO2S/c1-16-12(15)9-3-2-6-14(7-9)8-10-4-5-11(13)17-10/h4-5,9H,2-3,6-8H2,1H3/t9-/m0/s1. The first-order valence-corrected chi connectivity index (χ1v) is 6.93. The topological polar surface area (TPSA) is 29.5 Å². The summed E-state index contributed by atoms with van der Waals surface area (Å²) in [5.41, 5.74) is 0. The van der Waals surface area contributed by atoms with Crippen LogP contribution in [0.2, 0.25) is 4.34 Å². The van der Waals surface area contributed by atoms with Crippen LogP contribution in [0.4, 0.5) is 0 Å². The Hall–Kier alpha value is -0.580. The molecule has 2 rings (SSSR count). The normalized spacial score (nSPS) is 21.4. The number of carbonyl (C=O) groups excluding carboxylic acids is 1. The van der Waals surface area contributed by atoms with Gasteiger partial charge < -0.3 is 4.74 Å². The average Bonchev–Trinajstić information content (AvgIpc) is 2.74. The molecule has 0 spiro atoms. The minimum atomic E-state index is -0.0843. The van der Waals surface area contributed by atoms with Gasteiger partial charge in [0.1, 0.15) is 0 Å². The molecule has 0 aromatic carbocycles. The summed E-state index contributed by atoms with van der Waals surface area (Å²) in [7, 11) is 1.46. The number of methoxy groups -OCH3 is 1. The number of ether oxygens (including phenoxy) is 1. The highest BCUT2D eigenvalue weighted by molar-refractivity contribution is 7.16. The summed E-state index contributed by atoms with van der Waals surface area (Å²) < 4.78 is 5.63. The predicted octanol–water partition coefficient (Wildman–Crippen LogP) is 2.79. The fraction of sp³-hybridized carbons (Fsp3) is 0.583. The van der Waals surface area contributed by atoms with E-state index < -0.39 is 0 Å². The number of hydrogen-bond acceptors (Lipinski definition) is 4. The Balaban J connectivity index is 1.91. The number of nitrogens with zero attached hydrogens (tertiary/aromatic N) is 1. The van der Waals surface area contributed by atoms with E-state index in [1.54, 1.807) is 11.3 Å². The van der Waals surface area contributed by atoms with E-state index in [4.69, 9.17) is 16.3 Å². The van der Waals surface area contributed by atoms with Crippen LogP contribution in [0, 0.1) is 5.92 Å². The van der Waals surface area contributed by atoms with Crippen molar-refractivity contribution in [1.29, 1.82) is 0 Å². The quantitative estimate of drug-likeness (QED) is 0.793. The lowest BCUT2D eigenvalue weighted by Gasteiger charge is -2.30. The molecule has 17 heavy (non-hydrogen) atoms. The molecule has 1 aromatic heterocycles. The van der Waals surface area contributed by atoms with Gasteiger partial charge in [0.05, 0.1) is 17.4 Å². The molecular formula is C12H16ClNO2S. The van der Waals surface area contributed by atoms with E-state index in [9.17, 15) is 4.79 Å². The van der Waals surface area contributed by atoms with Gasteiger partial charge in [-0.1, -0.05) is 11.6 Å². The van der Waals surface area contributed by atoms with E-state index in [-0.39, 0.29) is 11.9 Å². The molecule has 0 N–H and O–H groups in total. The Labute approximate surface area is 110 Å². The van der Waals surface area contributed by atoms with Gasteiger partial charge in [0.2, 0.25) is 0 Å². The Morgan fingerprint density at radius 2 is 2.47 bits per heavy atom. The maximum atomic E-state index is 11.5. The molecule has 3 nitrogen and oxygen atoms in total. The van der Waals surface area contributed by atoms with Crippen molar-refractivity contribution in [3.8, 4) is 0 Å². The van der Waals surface area contributed by atoms with Crippen LogP contribution < -0.4 is 0 Å². The molecule has 94 valence electrons. The van der Waals surface area contributed by atoms with Crippen molar-refractivity contribution in [2.45, 2.75) is 19.4 Å². The second kappa shape index (κ2) is 5.85. The number of rotatable bonds is 3. The Morgan fingerprint density at radius 3 is 3.12 bits per heavy atom. The number of thiophene rings is 1. The van der Waals surface area contributed by atoms with Crippen molar-refractivity contribution < 1.29 is 9.53 Å². The third-order valence-corrected chi connectivity index (χ3v) is 4.26. The Kier molecular flexibility index (Phi) is 4.42. The molecule has 1 aromatic rings. The molecule has 1 saturated heterocycles. The number of esters is 1. The van der Waals surface area contributed by atoms with Gasteiger partial charge >= 0.3 is 5.97 Å². The van der Waals surface area contributed by atoms with Gasteiger partial charge in [-0.05, 0) is 31.5 Å². The van der Waals surface area contributed by atoms with Crippen LogP contribution in [-0.4, -0.2) is 31.1 Å². The zero-order valence-electron chi connectivity index (χ0n) is 9.82. The lowest BCUT2D eigenvalue weighted by Crippen LogP contribution is -2.38. The SMILES string of the molecule is COC(=O)[C@H]1CCCN(Cc2ccc(Cl)s2)C1. The minimum Gasteiger partial charge on any atom is -0.469 e. The van der Waals surface area contributed by atoms with Gasteiger partial charge in [0.25, 0.3) is 0 Å². The first kappa shape index (κ1) is 12.9. The fourth-order valence-electron chi connectivity index (χ4n) is 2.22. The third kappa shape index (κ3) is 3.44. The molecule has 0 bridgehead atoms. The monoisotopic (exact) mass is 273 g/mol. The second-order valence-electron chi connectivity index (χ2n) is 4.30. The third-order valence-electron chi connectivity index (χ3n) is 3.05. The number of halogens is 1. The molecule has 0 aliphatic carbocycles.